The van der Waals surface area contributed by atoms with Crippen molar-refractivity contribution in [3.05, 3.63) is 76.9 Å². The Morgan fingerprint density at radius 1 is 0.741 bits per heavy atom. The zero-order chi connectivity index (χ0) is 26.4. The maximum absolute atomic E-state index is 8.25. The highest BCUT2D eigenvalue weighted by Gasteiger charge is 2.52. The number of aryl methyl sites for hydroxylation is 3. The lowest BCUT2D eigenvalue weighted by Gasteiger charge is -2.29. The van der Waals surface area contributed by atoms with Crippen molar-refractivity contribution in [1.29, 1.82) is 0 Å². The molecule has 2 heterocycles. The van der Waals surface area contributed by atoms with Crippen LogP contribution in [0.5, 0.6) is 0 Å². The van der Waals surface area contributed by atoms with Gasteiger partial charge in [-0.25, -0.2) is 0 Å². The van der Waals surface area contributed by atoms with Gasteiger partial charge in [-0.3, -0.25) is 0 Å². The molecule has 2 aliphatic rings. The first kappa shape index (κ1) is 9.59. The van der Waals surface area contributed by atoms with E-state index in [-0.39, 0.29) is 29.1 Å². The van der Waals surface area contributed by atoms with Crippen LogP contribution in [0.4, 0.5) is 0 Å². The normalized spacial score (nSPS) is 20.9. The molecule has 0 radical (unpaired) electrons. The van der Waals surface area contributed by atoms with Crippen molar-refractivity contribution in [2.24, 2.45) is 0 Å². The molecule has 0 N–H and O–H groups in total. The third-order valence-corrected chi connectivity index (χ3v) is 6.06. The molecular formula is C24H24B2N+. The van der Waals surface area contributed by atoms with Crippen molar-refractivity contribution in [3.8, 4) is 0 Å². The molecule has 0 aromatic heterocycles. The molecule has 3 aromatic carbocycles. The second-order valence-electron chi connectivity index (χ2n) is 7.45. The van der Waals surface area contributed by atoms with E-state index in [1.165, 1.54) is 18.2 Å². The van der Waals surface area contributed by atoms with Gasteiger partial charge < -0.3 is 4.49 Å². The van der Waals surface area contributed by atoms with E-state index in [0.717, 1.165) is 27.4 Å². The van der Waals surface area contributed by atoms with Gasteiger partial charge in [-0.05, 0) is 32.3 Å². The maximum atomic E-state index is 8.25. The molecule has 0 saturated heterocycles. The molecule has 5 rings (SSSR count). The van der Waals surface area contributed by atoms with Gasteiger partial charge in [0, 0.05) is 35.7 Å². The highest BCUT2D eigenvalue weighted by Crippen LogP contribution is 2.15. The van der Waals surface area contributed by atoms with Crippen LogP contribution in [0.15, 0.2) is 54.6 Å². The molecule has 0 aliphatic carbocycles. The Labute approximate surface area is 175 Å². The minimum atomic E-state index is -2.54. The van der Waals surface area contributed by atoms with E-state index < -0.39 is 27.3 Å². The number of hydrogen-bond donors (Lipinski definition) is 0. The van der Waals surface area contributed by atoms with Gasteiger partial charge in [0.1, 0.15) is 7.05 Å². The van der Waals surface area contributed by atoms with Crippen molar-refractivity contribution >= 4 is 46.6 Å². The molecular weight excluding hydrogens is 324 g/mol. The van der Waals surface area contributed by atoms with Crippen LogP contribution < -0.4 is 27.3 Å². The number of rotatable bonds is 1. The van der Waals surface area contributed by atoms with Crippen molar-refractivity contribution < 1.29 is 16.8 Å². The SMILES string of the molecule is [2H]C([2H])([2H])C1=[N+](C)B2c3c(C)cccc3B(c3c(C([2H])([2H])[2H])cccc3C([2H])([2H])[2H])c3cccc1c32. The lowest BCUT2D eigenvalue weighted by Crippen LogP contribution is -2.74. The quantitative estimate of drug-likeness (QED) is 0.572. The Bertz CT molecular complexity index is 1400. The number of nitrogens with zero attached hydrogens (tertiary/aromatic N) is 1. The number of hydrogen-bond acceptors (Lipinski definition) is 0. The van der Waals surface area contributed by atoms with Gasteiger partial charge in [-0.15, -0.1) is 0 Å². The van der Waals surface area contributed by atoms with E-state index in [4.69, 9.17) is 12.3 Å². The molecule has 130 valence electrons. The highest BCUT2D eigenvalue weighted by molar-refractivity contribution is 7.07. The predicted octanol–water partition coefficient (Wildman–Crippen LogP) is 1.01. The van der Waals surface area contributed by atoms with Crippen LogP contribution in [-0.4, -0.2) is 30.8 Å². The Kier molecular flexibility index (Phi) is 2.03. The van der Waals surface area contributed by atoms with E-state index in [1.54, 1.807) is 23.7 Å². The first-order chi connectivity index (χ1) is 16.6. The average Bonchev–Trinajstić information content (AvgIpc) is 3.06. The molecule has 0 fully saturated rings. The largest absolute Gasteiger partial charge is 0.553 e. The first-order valence-electron chi connectivity index (χ1n) is 13.6. The van der Waals surface area contributed by atoms with Crippen LogP contribution in [0.3, 0.4) is 0 Å². The maximum Gasteiger partial charge on any atom is 0.553 e. The van der Waals surface area contributed by atoms with Crippen molar-refractivity contribution in [2.45, 2.75) is 27.5 Å². The second-order valence-corrected chi connectivity index (χ2v) is 7.45. The molecule has 2 aliphatic heterocycles. The Morgan fingerprint density at radius 3 is 2.07 bits per heavy atom. The van der Waals surface area contributed by atoms with Crippen molar-refractivity contribution in [3.63, 3.8) is 0 Å². The summed E-state index contributed by atoms with van der Waals surface area (Å²) in [5.41, 5.74) is 5.24. The number of fused-ring (bicyclic) bond motifs is 2. The molecule has 3 heteroatoms. The van der Waals surface area contributed by atoms with E-state index in [9.17, 15) is 0 Å². The molecule has 1 nitrogen and oxygen atoms in total. The van der Waals surface area contributed by atoms with Gasteiger partial charge in [-0.1, -0.05) is 76.0 Å². The first-order valence-corrected chi connectivity index (χ1v) is 9.10. The Hall–Kier alpha value is -2.54. The molecule has 27 heavy (non-hydrogen) atoms. The van der Waals surface area contributed by atoms with Gasteiger partial charge in [-0.2, -0.15) is 0 Å². The van der Waals surface area contributed by atoms with Crippen LogP contribution in [0.1, 0.15) is 41.4 Å². The van der Waals surface area contributed by atoms with Crippen molar-refractivity contribution in [1.82, 2.24) is 0 Å². The fourth-order valence-corrected chi connectivity index (χ4v) is 4.88. The molecule has 3 aromatic rings. The summed E-state index contributed by atoms with van der Waals surface area (Å²) in [6, 6.07) is 15.6. The molecule has 0 saturated carbocycles. The summed E-state index contributed by atoms with van der Waals surface area (Å²) in [4.78, 5) is 0. The van der Waals surface area contributed by atoms with E-state index in [2.05, 4.69) is 0 Å². The number of benzene rings is 3. The van der Waals surface area contributed by atoms with Crippen LogP contribution in [0.2, 0.25) is 0 Å². The summed E-state index contributed by atoms with van der Waals surface area (Å²) >= 11 is 0. The van der Waals surface area contributed by atoms with Crippen LogP contribution >= 0.6 is 0 Å². The molecule has 0 bridgehead atoms. The molecule has 0 atom stereocenters. The minimum Gasteiger partial charge on any atom is -0.312 e. The summed E-state index contributed by atoms with van der Waals surface area (Å²) in [7, 11) is 1.77. The van der Waals surface area contributed by atoms with E-state index in [0.29, 0.717) is 5.56 Å². The van der Waals surface area contributed by atoms with Crippen LogP contribution in [-0.2, 0) is 0 Å². The summed E-state index contributed by atoms with van der Waals surface area (Å²) in [6.45, 7) is -6.53. The summed E-state index contributed by atoms with van der Waals surface area (Å²) in [5, 5.41) is 0. The van der Waals surface area contributed by atoms with Crippen LogP contribution in [0.25, 0.3) is 0 Å². The van der Waals surface area contributed by atoms with Gasteiger partial charge in [0.05, 0.1) is 0 Å². The third-order valence-electron chi connectivity index (χ3n) is 6.06. The fourth-order valence-electron chi connectivity index (χ4n) is 4.88. The van der Waals surface area contributed by atoms with Gasteiger partial charge in [0.15, 0.2) is 5.71 Å². The van der Waals surface area contributed by atoms with Gasteiger partial charge in [0.25, 0.3) is 0 Å². The van der Waals surface area contributed by atoms with Gasteiger partial charge in [0.2, 0.25) is 6.71 Å². The molecule has 0 amide bonds. The lowest BCUT2D eigenvalue weighted by molar-refractivity contribution is -0.344. The molecule has 0 spiro atoms. The second kappa shape index (κ2) is 5.73. The predicted molar refractivity (Wildman–Crippen MR) is 119 cm³/mol. The van der Waals surface area contributed by atoms with E-state index >= 15 is 0 Å². The summed E-state index contributed by atoms with van der Waals surface area (Å²) < 4.78 is 76.0. The zero-order valence-electron chi connectivity index (χ0n) is 24.3. The summed E-state index contributed by atoms with van der Waals surface area (Å²) in [5.74, 6) is 0. The smallest absolute Gasteiger partial charge is 0.312 e. The Balaban J connectivity index is 1.95. The van der Waals surface area contributed by atoms with Gasteiger partial charge >= 0.3 is 6.85 Å². The highest BCUT2D eigenvalue weighted by atomic mass is 14.9. The minimum absolute atomic E-state index is 0.00369. The lowest BCUT2D eigenvalue weighted by atomic mass is 9.24. The topological polar surface area (TPSA) is 3.01 Å². The zero-order valence-corrected chi connectivity index (χ0v) is 15.3. The Morgan fingerprint density at radius 2 is 1.37 bits per heavy atom. The summed E-state index contributed by atoms with van der Waals surface area (Å²) in [6.07, 6.45) is 0. The standard InChI is InChI=1S/C24H24B2N/c1-15-9-6-10-16(2)22(15)25-20-13-7-11-17(3)23(20)26-24-19(18(4)27(26)5)12-8-14-21(24)25/h6-14H,1-5H3/q+1/i1D3,2D3,4D3. The monoisotopic (exact) mass is 357 g/mol. The fraction of sp³-hybridized carbons (Fsp3) is 0.208. The third kappa shape index (κ3) is 2.12. The van der Waals surface area contributed by atoms with E-state index in [1.807, 2.05) is 31.2 Å². The van der Waals surface area contributed by atoms with Crippen LogP contribution in [0, 0.1) is 20.6 Å². The van der Waals surface area contributed by atoms with Crippen molar-refractivity contribution in [2.75, 3.05) is 7.05 Å². The average molecular weight is 357 g/mol. The molecule has 0 unspecified atom stereocenters.